The summed E-state index contributed by atoms with van der Waals surface area (Å²) in [6.07, 6.45) is 2.73. The van der Waals surface area contributed by atoms with Crippen molar-refractivity contribution in [3.63, 3.8) is 0 Å². The second-order valence-corrected chi connectivity index (χ2v) is 8.92. The summed E-state index contributed by atoms with van der Waals surface area (Å²) in [6, 6.07) is 12.9. The summed E-state index contributed by atoms with van der Waals surface area (Å²) in [5, 5.41) is 2.57. The molecule has 2 aromatic carbocycles. The quantitative estimate of drug-likeness (QED) is 0.731. The van der Waals surface area contributed by atoms with E-state index < -0.39 is 28.5 Å². The summed E-state index contributed by atoms with van der Waals surface area (Å²) >= 11 is 0. The molecule has 8 heteroatoms. The lowest BCUT2D eigenvalue weighted by Crippen LogP contribution is -2.35. The molecule has 0 aliphatic carbocycles. The van der Waals surface area contributed by atoms with Gasteiger partial charge >= 0.3 is 5.97 Å². The van der Waals surface area contributed by atoms with Crippen molar-refractivity contribution in [3.8, 4) is 0 Å². The minimum atomic E-state index is -3.59. The Labute approximate surface area is 170 Å². The smallest absolute Gasteiger partial charge is 0.338 e. The van der Waals surface area contributed by atoms with Crippen LogP contribution in [0.2, 0.25) is 0 Å². The Kier molecular flexibility index (Phi) is 6.66. The number of ether oxygens (including phenoxy) is 1. The van der Waals surface area contributed by atoms with Crippen molar-refractivity contribution in [1.82, 2.24) is 4.31 Å². The van der Waals surface area contributed by atoms with Crippen LogP contribution in [-0.4, -0.2) is 44.3 Å². The van der Waals surface area contributed by atoms with Gasteiger partial charge in [0.2, 0.25) is 10.0 Å². The van der Waals surface area contributed by atoms with E-state index in [1.165, 1.54) is 16.4 Å². The maximum atomic E-state index is 12.8. The van der Waals surface area contributed by atoms with Gasteiger partial charge in [0.15, 0.2) is 6.61 Å². The van der Waals surface area contributed by atoms with Gasteiger partial charge in [-0.1, -0.05) is 30.2 Å². The van der Waals surface area contributed by atoms with Gasteiger partial charge in [-0.05, 0) is 50.1 Å². The first-order valence-corrected chi connectivity index (χ1v) is 10.9. The number of rotatable bonds is 6. The molecule has 0 spiro atoms. The third-order valence-corrected chi connectivity index (χ3v) is 6.59. The van der Waals surface area contributed by atoms with Gasteiger partial charge in [0.05, 0.1) is 10.5 Å². The molecule has 154 valence electrons. The first kappa shape index (κ1) is 21.0. The van der Waals surface area contributed by atoms with Crippen LogP contribution in [-0.2, 0) is 19.6 Å². The van der Waals surface area contributed by atoms with E-state index in [1.54, 1.807) is 36.4 Å². The number of benzene rings is 2. The lowest BCUT2D eigenvalue weighted by Gasteiger charge is -2.26. The largest absolute Gasteiger partial charge is 0.452 e. The van der Waals surface area contributed by atoms with Crippen LogP contribution in [0.4, 0.5) is 5.69 Å². The van der Waals surface area contributed by atoms with Crippen molar-refractivity contribution in [3.05, 3.63) is 59.7 Å². The molecule has 0 radical (unpaired) electrons. The second kappa shape index (κ2) is 9.19. The zero-order chi connectivity index (χ0) is 20.9. The second-order valence-electron chi connectivity index (χ2n) is 6.98. The standard InChI is InChI=1S/C21H24N2O5S/c1-16-8-10-17(11-9-16)21(25)28-15-20(24)22-18-6-5-7-19(14-18)29(26,27)23-12-3-2-4-13-23/h5-11,14H,2-4,12-13,15H2,1H3,(H,22,24). The van der Waals surface area contributed by atoms with E-state index in [-0.39, 0.29) is 4.90 Å². The first-order chi connectivity index (χ1) is 13.9. The number of hydrogen-bond acceptors (Lipinski definition) is 5. The van der Waals surface area contributed by atoms with Gasteiger partial charge in [-0.15, -0.1) is 0 Å². The lowest BCUT2D eigenvalue weighted by atomic mass is 10.1. The van der Waals surface area contributed by atoms with Gasteiger partial charge in [-0.25, -0.2) is 13.2 Å². The van der Waals surface area contributed by atoms with Crippen molar-refractivity contribution in [2.45, 2.75) is 31.1 Å². The fraction of sp³-hybridized carbons (Fsp3) is 0.333. The minimum absolute atomic E-state index is 0.133. The summed E-state index contributed by atoms with van der Waals surface area (Å²) in [5.41, 5.74) is 1.70. The molecule has 0 bridgehead atoms. The molecule has 0 atom stereocenters. The van der Waals surface area contributed by atoms with Gasteiger partial charge in [0.1, 0.15) is 0 Å². The van der Waals surface area contributed by atoms with Crippen molar-refractivity contribution in [2.75, 3.05) is 25.0 Å². The number of amides is 1. The van der Waals surface area contributed by atoms with E-state index in [1.807, 2.05) is 6.92 Å². The molecule has 1 amide bonds. The van der Waals surface area contributed by atoms with E-state index in [2.05, 4.69) is 5.32 Å². The molecular formula is C21H24N2O5S. The van der Waals surface area contributed by atoms with Gasteiger partial charge in [0, 0.05) is 18.8 Å². The molecule has 1 aliphatic heterocycles. The normalized spacial score (nSPS) is 14.9. The molecule has 29 heavy (non-hydrogen) atoms. The Morgan fingerprint density at radius 1 is 1.03 bits per heavy atom. The third-order valence-electron chi connectivity index (χ3n) is 4.69. The Balaban J connectivity index is 1.60. The topological polar surface area (TPSA) is 92.8 Å². The van der Waals surface area contributed by atoms with Crippen LogP contribution in [0.5, 0.6) is 0 Å². The number of aryl methyl sites for hydroxylation is 1. The molecule has 1 fully saturated rings. The van der Waals surface area contributed by atoms with E-state index in [9.17, 15) is 18.0 Å². The summed E-state index contributed by atoms with van der Waals surface area (Å²) in [6.45, 7) is 2.46. The number of carbonyl (C=O) groups excluding carboxylic acids is 2. The molecule has 0 saturated carbocycles. The van der Waals surface area contributed by atoms with Gasteiger partial charge in [-0.3, -0.25) is 4.79 Å². The van der Waals surface area contributed by atoms with Crippen molar-refractivity contribution >= 4 is 27.6 Å². The number of anilines is 1. The summed E-state index contributed by atoms with van der Waals surface area (Å²) in [5.74, 6) is -1.14. The number of hydrogen-bond donors (Lipinski definition) is 1. The molecule has 3 rings (SSSR count). The zero-order valence-electron chi connectivity index (χ0n) is 16.3. The number of sulfonamides is 1. The number of nitrogens with zero attached hydrogens (tertiary/aromatic N) is 1. The van der Waals surface area contributed by atoms with E-state index in [0.29, 0.717) is 24.3 Å². The SMILES string of the molecule is Cc1ccc(C(=O)OCC(=O)Nc2cccc(S(=O)(=O)N3CCCCC3)c2)cc1. The molecule has 2 aromatic rings. The highest BCUT2D eigenvalue weighted by molar-refractivity contribution is 7.89. The predicted molar refractivity (Wildman–Crippen MR) is 109 cm³/mol. The average Bonchev–Trinajstić information content (AvgIpc) is 2.73. The average molecular weight is 416 g/mol. The van der Waals surface area contributed by atoms with E-state index in [4.69, 9.17) is 4.74 Å². The fourth-order valence-corrected chi connectivity index (χ4v) is 4.65. The molecule has 1 N–H and O–H groups in total. The molecule has 1 heterocycles. The third kappa shape index (κ3) is 5.42. The van der Waals surface area contributed by atoms with Crippen molar-refractivity contribution in [1.29, 1.82) is 0 Å². The minimum Gasteiger partial charge on any atom is -0.452 e. The fourth-order valence-electron chi connectivity index (χ4n) is 3.09. The summed E-state index contributed by atoms with van der Waals surface area (Å²) in [7, 11) is -3.59. The molecule has 0 aromatic heterocycles. The van der Waals surface area contributed by atoms with Crippen LogP contribution in [0.25, 0.3) is 0 Å². The molecule has 7 nitrogen and oxygen atoms in total. The van der Waals surface area contributed by atoms with Crippen LogP contribution in [0, 0.1) is 6.92 Å². The van der Waals surface area contributed by atoms with Gasteiger partial charge in [-0.2, -0.15) is 4.31 Å². The van der Waals surface area contributed by atoms with E-state index >= 15 is 0 Å². The highest BCUT2D eigenvalue weighted by atomic mass is 32.2. The molecule has 0 unspecified atom stereocenters. The Morgan fingerprint density at radius 3 is 2.41 bits per heavy atom. The van der Waals surface area contributed by atoms with Gasteiger partial charge in [0.25, 0.3) is 5.91 Å². The number of piperidine rings is 1. The summed E-state index contributed by atoms with van der Waals surface area (Å²) < 4.78 is 32.0. The van der Waals surface area contributed by atoms with Crippen molar-refractivity contribution < 1.29 is 22.7 Å². The Hall–Kier alpha value is -2.71. The first-order valence-electron chi connectivity index (χ1n) is 9.50. The highest BCUT2D eigenvalue weighted by Crippen LogP contribution is 2.22. The lowest BCUT2D eigenvalue weighted by molar-refractivity contribution is -0.119. The Bertz CT molecular complexity index is 980. The van der Waals surface area contributed by atoms with Gasteiger partial charge < -0.3 is 10.1 Å². The number of carbonyl (C=O) groups is 2. The van der Waals surface area contributed by atoms with E-state index in [0.717, 1.165) is 24.8 Å². The zero-order valence-corrected chi connectivity index (χ0v) is 17.1. The molecule has 1 saturated heterocycles. The van der Waals surface area contributed by atoms with Crippen LogP contribution in [0.3, 0.4) is 0 Å². The van der Waals surface area contributed by atoms with Crippen LogP contribution < -0.4 is 5.32 Å². The Morgan fingerprint density at radius 2 is 1.72 bits per heavy atom. The summed E-state index contributed by atoms with van der Waals surface area (Å²) in [4.78, 5) is 24.2. The highest BCUT2D eigenvalue weighted by Gasteiger charge is 2.26. The maximum Gasteiger partial charge on any atom is 0.338 e. The molecular weight excluding hydrogens is 392 g/mol. The van der Waals surface area contributed by atoms with Crippen molar-refractivity contribution in [2.24, 2.45) is 0 Å². The predicted octanol–water partition coefficient (Wildman–Crippen LogP) is 2.97. The van der Waals surface area contributed by atoms with Crippen LogP contribution >= 0.6 is 0 Å². The van der Waals surface area contributed by atoms with Crippen LogP contribution in [0.15, 0.2) is 53.4 Å². The molecule has 1 aliphatic rings. The number of nitrogens with one attached hydrogen (secondary N) is 1. The number of esters is 1. The van der Waals surface area contributed by atoms with Crippen LogP contribution in [0.1, 0.15) is 35.2 Å². The monoisotopic (exact) mass is 416 g/mol. The maximum absolute atomic E-state index is 12.8.